The van der Waals surface area contributed by atoms with E-state index in [0.717, 1.165) is 0 Å². The van der Waals surface area contributed by atoms with E-state index in [2.05, 4.69) is 41.2 Å². The first kappa shape index (κ1) is 23.7. The van der Waals surface area contributed by atoms with E-state index in [9.17, 15) is 9.59 Å². The number of nitrogens with one attached hydrogen (secondary N) is 3. The standard InChI is InChI=1S/C19H18Cl2N12O3/c20-11-5-10(7-25-16(11)33-26-1-2-27-33)28-19(35)29-12-8-24-14-6-13(21)30-32(14)17(12)31(18(22)34)15-9-23-3-4-36-15/h1-2,5-8,15,23H,3-4,9H2,(H2,22,34)(H2,28,29,35). The van der Waals surface area contributed by atoms with Crippen molar-refractivity contribution in [3.63, 3.8) is 0 Å². The second kappa shape index (κ2) is 9.90. The number of hydrogen-bond acceptors (Lipinski definition) is 9. The van der Waals surface area contributed by atoms with Crippen molar-refractivity contribution < 1.29 is 14.3 Å². The minimum atomic E-state index is -0.829. The van der Waals surface area contributed by atoms with Gasteiger partial charge in [0, 0.05) is 19.2 Å². The van der Waals surface area contributed by atoms with Crippen molar-refractivity contribution in [2.45, 2.75) is 6.23 Å². The van der Waals surface area contributed by atoms with Crippen LogP contribution in [0.1, 0.15) is 0 Å². The number of nitrogens with zero attached hydrogens (tertiary/aromatic N) is 8. The van der Waals surface area contributed by atoms with Gasteiger partial charge in [-0.3, -0.25) is 0 Å². The highest BCUT2D eigenvalue weighted by Crippen LogP contribution is 2.30. The average Bonchev–Trinajstić information content (AvgIpc) is 3.50. The molecule has 4 aromatic heterocycles. The van der Waals surface area contributed by atoms with Crippen molar-refractivity contribution >= 4 is 58.1 Å². The average molecular weight is 533 g/mol. The zero-order valence-corrected chi connectivity index (χ0v) is 19.8. The van der Waals surface area contributed by atoms with Crippen LogP contribution in [0.3, 0.4) is 0 Å². The number of fused-ring (bicyclic) bond motifs is 1. The van der Waals surface area contributed by atoms with Gasteiger partial charge in [-0.2, -0.15) is 19.8 Å². The highest BCUT2D eigenvalue weighted by Gasteiger charge is 2.31. The molecule has 1 unspecified atom stereocenters. The molecule has 0 bridgehead atoms. The summed E-state index contributed by atoms with van der Waals surface area (Å²) in [5.41, 5.74) is 6.45. The Labute approximate surface area is 212 Å². The van der Waals surface area contributed by atoms with Gasteiger partial charge in [-0.25, -0.2) is 24.5 Å². The molecule has 4 amide bonds. The van der Waals surface area contributed by atoms with E-state index in [1.165, 1.54) is 51.1 Å². The molecule has 0 aliphatic carbocycles. The van der Waals surface area contributed by atoms with E-state index in [0.29, 0.717) is 31.2 Å². The van der Waals surface area contributed by atoms with Crippen LogP contribution in [0.15, 0.2) is 36.9 Å². The molecule has 15 nitrogen and oxygen atoms in total. The molecule has 36 heavy (non-hydrogen) atoms. The van der Waals surface area contributed by atoms with E-state index < -0.39 is 18.3 Å². The Morgan fingerprint density at radius 2 is 1.97 bits per heavy atom. The zero-order chi connectivity index (χ0) is 25.2. The van der Waals surface area contributed by atoms with Gasteiger partial charge in [-0.05, 0) is 6.07 Å². The summed E-state index contributed by atoms with van der Waals surface area (Å²) in [4.78, 5) is 36.3. The summed E-state index contributed by atoms with van der Waals surface area (Å²) in [5, 5.41) is 20.9. The normalized spacial score (nSPS) is 15.6. The largest absolute Gasteiger partial charge is 0.355 e. The lowest BCUT2D eigenvalue weighted by Crippen LogP contribution is -2.54. The lowest BCUT2D eigenvalue weighted by atomic mass is 10.3. The number of nitrogens with two attached hydrogens (primary N) is 1. The summed E-state index contributed by atoms with van der Waals surface area (Å²) in [6.45, 7) is 1.26. The minimum Gasteiger partial charge on any atom is -0.355 e. The molecule has 1 fully saturated rings. The number of carbonyl (C=O) groups excluding carboxylic acids is 2. The van der Waals surface area contributed by atoms with E-state index in [1.54, 1.807) is 0 Å². The number of anilines is 3. The van der Waals surface area contributed by atoms with Gasteiger partial charge >= 0.3 is 12.1 Å². The molecule has 5 heterocycles. The fourth-order valence-corrected chi connectivity index (χ4v) is 3.98. The van der Waals surface area contributed by atoms with Gasteiger partial charge in [0.1, 0.15) is 5.69 Å². The van der Waals surface area contributed by atoms with Crippen molar-refractivity contribution in [2.24, 2.45) is 5.73 Å². The second-order valence-electron chi connectivity index (χ2n) is 7.40. The fraction of sp³-hybridized carbons (Fsp3) is 0.211. The molecule has 5 rings (SSSR count). The summed E-state index contributed by atoms with van der Waals surface area (Å²) in [6, 6.07) is 1.48. The number of amides is 4. The first-order chi connectivity index (χ1) is 17.4. The fourth-order valence-electron chi connectivity index (χ4n) is 3.57. The maximum Gasteiger partial charge on any atom is 0.323 e. The molecule has 1 aliphatic rings. The molecule has 1 aliphatic heterocycles. The Balaban J connectivity index is 1.45. The summed E-state index contributed by atoms with van der Waals surface area (Å²) in [6.07, 6.45) is 4.94. The van der Waals surface area contributed by atoms with Gasteiger partial charge < -0.3 is 26.4 Å². The summed E-state index contributed by atoms with van der Waals surface area (Å²) < 4.78 is 7.02. The van der Waals surface area contributed by atoms with E-state index in [4.69, 9.17) is 33.7 Å². The highest BCUT2D eigenvalue weighted by atomic mass is 35.5. The molecule has 17 heteroatoms. The van der Waals surface area contributed by atoms with Crippen LogP contribution in [0.4, 0.5) is 26.8 Å². The lowest BCUT2D eigenvalue weighted by Gasteiger charge is -2.34. The van der Waals surface area contributed by atoms with Crippen molar-refractivity contribution in [3.05, 3.63) is 47.1 Å². The number of pyridine rings is 1. The van der Waals surface area contributed by atoms with Gasteiger partial charge in [-0.15, -0.1) is 4.80 Å². The molecule has 0 aromatic carbocycles. The summed E-state index contributed by atoms with van der Waals surface area (Å²) in [5.74, 6) is 0.401. The second-order valence-corrected chi connectivity index (χ2v) is 8.19. The van der Waals surface area contributed by atoms with Gasteiger partial charge in [0.2, 0.25) is 0 Å². The van der Waals surface area contributed by atoms with Crippen LogP contribution < -0.4 is 26.6 Å². The number of hydrogen-bond donors (Lipinski definition) is 4. The van der Waals surface area contributed by atoms with Crippen molar-refractivity contribution in [1.82, 2.24) is 39.9 Å². The Hall–Kier alpha value is -4.05. The molecule has 1 atom stereocenters. The molecule has 4 aromatic rings. The van der Waals surface area contributed by atoms with Crippen LogP contribution in [0, 0.1) is 0 Å². The molecular formula is C19H18Cl2N12O3. The first-order valence-electron chi connectivity index (χ1n) is 10.5. The number of halogens is 2. The van der Waals surface area contributed by atoms with Gasteiger partial charge in [-0.1, -0.05) is 23.2 Å². The number of rotatable bonds is 5. The Morgan fingerprint density at radius 1 is 1.17 bits per heavy atom. The van der Waals surface area contributed by atoms with Crippen LogP contribution in [-0.4, -0.2) is 72.6 Å². The third-order valence-electron chi connectivity index (χ3n) is 5.03. The van der Waals surface area contributed by atoms with Crippen LogP contribution in [0.5, 0.6) is 0 Å². The maximum atomic E-state index is 12.9. The number of morpholine rings is 1. The molecular weight excluding hydrogens is 515 g/mol. The Morgan fingerprint density at radius 3 is 2.67 bits per heavy atom. The Bertz CT molecular complexity index is 1420. The molecule has 0 saturated carbocycles. The van der Waals surface area contributed by atoms with E-state index in [-0.39, 0.29) is 27.4 Å². The van der Waals surface area contributed by atoms with E-state index >= 15 is 0 Å². The van der Waals surface area contributed by atoms with Crippen molar-refractivity contribution in [2.75, 3.05) is 35.2 Å². The van der Waals surface area contributed by atoms with Crippen LogP contribution in [0.25, 0.3) is 11.5 Å². The number of primary amides is 1. The van der Waals surface area contributed by atoms with Gasteiger partial charge in [0.15, 0.2) is 28.7 Å². The third kappa shape index (κ3) is 4.72. The number of carbonyl (C=O) groups is 2. The van der Waals surface area contributed by atoms with E-state index in [1.807, 2.05) is 0 Å². The van der Waals surface area contributed by atoms with Gasteiger partial charge in [0.05, 0.1) is 42.1 Å². The lowest BCUT2D eigenvalue weighted by molar-refractivity contribution is 0.0312. The minimum absolute atomic E-state index is 0.111. The molecule has 1 saturated heterocycles. The number of urea groups is 2. The number of aromatic nitrogens is 7. The molecule has 0 radical (unpaired) electrons. The van der Waals surface area contributed by atoms with Crippen molar-refractivity contribution in [1.29, 1.82) is 0 Å². The topological polar surface area (TPSA) is 183 Å². The van der Waals surface area contributed by atoms with Crippen LogP contribution >= 0.6 is 23.2 Å². The smallest absolute Gasteiger partial charge is 0.323 e. The predicted molar refractivity (Wildman–Crippen MR) is 129 cm³/mol. The Kier molecular flexibility index (Phi) is 6.51. The SMILES string of the molecule is NC(=O)N(c1c(NC(=O)Nc2cnc(-n3nccn3)c(Cl)c2)cnc2cc(Cl)nn12)C1CNCCO1. The molecule has 186 valence electrons. The van der Waals surface area contributed by atoms with Gasteiger partial charge in [0.25, 0.3) is 0 Å². The predicted octanol–water partition coefficient (Wildman–Crippen LogP) is 1.49. The number of ether oxygens (including phenoxy) is 1. The highest BCUT2D eigenvalue weighted by molar-refractivity contribution is 6.32. The third-order valence-corrected chi connectivity index (χ3v) is 5.49. The monoisotopic (exact) mass is 532 g/mol. The molecule has 0 spiro atoms. The first-order valence-corrected chi connectivity index (χ1v) is 11.2. The van der Waals surface area contributed by atoms with Crippen molar-refractivity contribution in [3.8, 4) is 5.82 Å². The summed E-state index contributed by atoms with van der Waals surface area (Å²) in [7, 11) is 0. The quantitative estimate of drug-likeness (QED) is 0.295. The van der Waals surface area contributed by atoms with Crippen LogP contribution in [-0.2, 0) is 4.74 Å². The summed E-state index contributed by atoms with van der Waals surface area (Å²) >= 11 is 12.3. The maximum absolute atomic E-state index is 12.9. The van der Waals surface area contributed by atoms with Crippen LogP contribution in [0.2, 0.25) is 10.2 Å². The molecule has 5 N–H and O–H groups in total. The zero-order valence-electron chi connectivity index (χ0n) is 18.3.